The molecule has 16 heavy (non-hydrogen) atoms. The molecule has 0 aliphatic carbocycles. The molecular weight excluding hydrogens is 214 g/mol. The largest absolute Gasteiger partial charge is 0.481 e. The van der Waals surface area contributed by atoms with Crippen molar-refractivity contribution in [2.24, 2.45) is 0 Å². The molecule has 0 spiro atoms. The summed E-state index contributed by atoms with van der Waals surface area (Å²) in [7, 11) is 1.41. The molecule has 0 aliphatic heterocycles. The van der Waals surface area contributed by atoms with Crippen LogP contribution in [0.2, 0.25) is 0 Å². The minimum Gasteiger partial charge on any atom is -0.481 e. The number of aliphatic carboxylic acids is 1. The van der Waals surface area contributed by atoms with Crippen LogP contribution in [0.3, 0.4) is 0 Å². The number of nitrogens with one attached hydrogen (secondary N) is 1. The second kappa shape index (κ2) is 8.06. The van der Waals surface area contributed by atoms with E-state index < -0.39 is 12.1 Å². The molecule has 0 rings (SSSR count). The van der Waals surface area contributed by atoms with Crippen LogP contribution in [0.25, 0.3) is 0 Å². The van der Waals surface area contributed by atoms with E-state index in [0.717, 1.165) is 0 Å². The fraction of sp³-hybridized carbons (Fsp3) is 0.800. The third-order valence-corrected chi connectivity index (χ3v) is 1.81. The van der Waals surface area contributed by atoms with Gasteiger partial charge in [-0.15, -0.1) is 0 Å². The summed E-state index contributed by atoms with van der Waals surface area (Å²) in [6.07, 6.45) is -0.662. The number of hydrogen-bond acceptors (Lipinski definition) is 4. The average molecular weight is 233 g/mol. The number of rotatable bonds is 8. The summed E-state index contributed by atoms with van der Waals surface area (Å²) >= 11 is 0. The van der Waals surface area contributed by atoms with Gasteiger partial charge in [-0.2, -0.15) is 0 Å². The van der Waals surface area contributed by atoms with E-state index in [2.05, 4.69) is 5.32 Å². The van der Waals surface area contributed by atoms with E-state index in [9.17, 15) is 9.59 Å². The van der Waals surface area contributed by atoms with Gasteiger partial charge in [0, 0.05) is 13.7 Å². The maximum atomic E-state index is 11.2. The summed E-state index contributed by atoms with van der Waals surface area (Å²) in [5.74, 6) is -1.24. The number of carbonyl (C=O) groups excluding carboxylic acids is 1. The molecular formula is C10H19NO5. The van der Waals surface area contributed by atoms with E-state index >= 15 is 0 Å². The first-order chi connectivity index (χ1) is 7.45. The molecule has 6 heteroatoms. The standard InChI is InChI=1S/C10H19NO5/c1-7(2)16-6-9(12)11-5-8(15-3)4-10(13)14/h7-8H,4-6H2,1-3H3,(H,11,12)(H,13,14). The van der Waals surface area contributed by atoms with Gasteiger partial charge in [0.1, 0.15) is 6.61 Å². The Morgan fingerprint density at radius 1 is 1.38 bits per heavy atom. The summed E-state index contributed by atoms with van der Waals surface area (Å²) in [6, 6.07) is 0. The molecule has 0 bridgehead atoms. The predicted octanol–water partition coefficient (Wildman–Crippen LogP) is 0.0173. The van der Waals surface area contributed by atoms with Crippen LogP contribution < -0.4 is 5.32 Å². The van der Waals surface area contributed by atoms with Crippen molar-refractivity contribution in [2.75, 3.05) is 20.3 Å². The van der Waals surface area contributed by atoms with Crippen LogP contribution in [0.1, 0.15) is 20.3 Å². The Hall–Kier alpha value is -1.14. The van der Waals surface area contributed by atoms with Crippen LogP contribution in [0.4, 0.5) is 0 Å². The first-order valence-corrected chi connectivity index (χ1v) is 5.08. The molecule has 94 valence electrons. The highest BCUT2D eigenvalue weighted by molar-refractivity contribution is 5.77. The van der Waals surface area contributed by atoms with E-state index in [1.54, 1.807) is 0 Å². The molecule has 0 aromatic carbocycles. The van der Waals surface area contributed by atoms with Crippen LogP contribution in [-0.4, -0.2) is 49.5 Å². The summed E-state index contributed by atoms with van der Waals surface area (Å²) in [4.78, 5) is 21.6. The number of carboxylic acid groups (broad SMARTS) is 1. The van der Waals surface area contributed by atoms with Crippen LogP contribution in [0.5, 0.6) is 0 Å². The summed E-state index contributed by atoms with van der Waals surface area (Å²) in [5, 5.41) is 11.1. The number of carbonyl (C=O) groups is 2. The van der Waals surface area contributed by atoms with E-state index in [0.29, 0.717) is 0 Å². The molecule has 6 nitrogen and oxygen atoms in total. The highest BCUT2D eigenvalue weighted by Gasteiger charge is 2.13. The molecule has 0 aromatic heterocycles. The van der Waals surface area contributed by atoms with Crippen molar-refractivity contribution in [2.45, 2.75) is 32.5 Å². The Morgan fingerprint density at radius 3 is 2.44 bits per heavy atom. The van der Waals surface area contributed by atoms with Crippen LogP contribution in [0.15, 0.2) is 0 Å². The molecule has 2 N–H and O–H groups in total. The molecule has 0 heterocycles. The summed E-state index contributed by atoms with van der Waals surface area (Å²) in [5.41, 5.74) is 0. The van der Waals surface area contributed by atoms with E-state index in [1.807, 2.05) is 13.8 Å². The lowest BCUT2D eigenvalue weighted by Gasteiger charge is -2.14. The van der Waals surface area contributed by atoms with Gasteiger partial charge in [-0.25, -0.2) is 0 Å². The first-order valence-electron chi connectivity index (χ1n) is 5.08. The lowest BCUT2D eigenvalue weighted by atomic mass is 10.2. The predicted molar refractivity (Wildman–Crippen MR) is 57.1 cm³/mol. The highest BCUT2D eigenvalue weighted by atomic mass is 16.5. The number of carboxylic acids is 1. The van der Waals surface area contributed by atoms with Crippen molar-refractivity contribution in [3.8, 4) is 0 Å². The summed E-state index contributed by atoms with van der Waals surface area (Å²) in [6.45, 7) is 3.80. The SMILES string of the molecule is COC(CNC(=O)COC(C)C)CC(=O)O. The molecule has 0 fully saturated rings. The van der Waals surface area contributed by atoms with Crippen molar-refractivity contribution in [3.05, 3.63) is 0 Å². The zero-order valence-electron chi connectivity index (χ0n) is 9.86. The number of methoxy groups -OCH3 is 1. The van der Waals surface area contributed by atoms with Crippen molar-refractivity contribution in [3.63, 3.8) is 0 Å². The number of hydrogen-bond donors (Lipinski definition) is 2. The van der Waals surface area contributed by atoms with Gasteiger partial charge in [-0.1, -0.05) is 0 Å². The Bertz CT molecular complexity index is 229. The van der Waals surface area contributed by atoms with Crippen molar-refractivity contribution in [1.29, 1.82) is 0 Å². The molecule has 1 amide bonds. The second-order valence-electron chi connectivity index (χ2n) is 3.62. The average Bonchev–Trinajstić information content (AvgIpc) is 2.20. The maximum absolute atomic E-state index is 11.2. The number of ether oxygens (including phenoxy) is 2. The van der Waals surface area contributed by atoms with Gasteiger partial charge >= 0.3 is 5.97 Å². The van der Waals surface area contributed by atoms with Gasteiger partial charge in [0.2, 0.25) is 5.91 Å². The smallest absolute Gasteiger partial charge is 0.306 e. The Morgan fingerprint density at radius 2 is 2.00 bits per heavy atom. The van der Waals surface area contributed by atoms with Gasteiger partial charge in [0.25, 0.3) is 0 Å². The molecule has 1 atom stereocenters. The van der Waals surface area contributed by atoms with Crippen LogP contribution in [0, 0.1) is 0 Å². The minimum atomic E-state index is -0.959. The van der Waals surface area contributed by atoms with Crippen LogP contribution >= 0.6 is 0 Å². The molecule has 0 aliphatic rings. The quantitative estimate of drug-likeness (QED) is 0.617. The fourth-order valence-electron chi connectivity index (χ4n) is 0.955. The third kappa shape index (κ3) is 8.19. The first kappa shape index (κ1) is 14.9. The van der Waals surface area contributed by atoms with Crippen molar-refractivity contribution < 1.29 is 24.2 Å². The molecule has 0 saturated heterocycles. The van der Waals surface area contributed by atoms with Crippen molar-refractivity contribution >= 4 is 11.9 Å². The maximum Gasteiger partial charge on any atom is 0.306 e. The minimum absolute atomic E-state index is 0.0111. The Balaban J connectivity index is 3.75. The summed E-state index contributed by atoms with van der Waals surface area (Å²) < 4.78 is 9.98. The Labute approximate surface area is 94.9 Å². The molecule has 0 saturated carbocycles. The van der Waals surface area contributed by atoms with Gasteiger partial charge in [0.15, 0.2) is 0 Å². The van der Waals surface area contributed by atoms with E-state index in [1.165, 1.54) is 7.11 Å². The lowest BCUT2D eigenvalue weighted by molar-refractivity contribution is -0.140. The van der Waals surface area contributed by atoms with Gasteiger partial charge in [0.05, 0.1) is 18.6 Å². The molecule has 0 radical (unpaired) electrons. The van der Waals surface area contributed by atoms with E-state index in [-0.39, 0.29) is 31.6 Å². The van der Waals surface area contributed by atoms with Gasteiger partial charge < -0.3 is 19.9 Å². The van der Waals surface area contributed by atoms with E-state index in [4.69, 9.17) is 14.6 Å². The molecule has 1 unspecified atom stereocenters. The number of amides is 1. The van der Waals surface area contributed by atoms with Crippen molar-refractivity contribution in [1.82, 2.24) is 5.32 Å². The zero-order chi connectivity index (χ0) is 12.6. The zero-order valence-corrected chi connectivity index (χ0v) is 9.86. The highest BCUT2D eigenvalue weighted by Crippen LogP contribution is 1.95. The second-order valence-corrected chi connectivity index (χ2v) is 3.62. The topological polar surface area (TPSA) is 84.9 Å². The molecule has 0 aromatic rings. The monoisotopic (exact) mass is 233 g/mol. The van der Waals surface area contributed by atoms with Gasteiger partial charge in [-0.05, 0) is 13.8 Å². The van der Waals surface area contributed by atoms with Crippen LogP contribution in [-0.2, 0) is 19.1 Å². The lowest BCUT2D eigenvalue weighted by Crippen LogP contribution is -2.36. The fourth-order valence-corrected chi connectivity index (χ4v) is 0.955. The Kier molecular flexibility index (Phi) is 7.49. The third-order valence-electron chi connectivity index (χ3n) is 1.81. The normalized spacial score (nSPS) is 12.5. The van der Waals surface area contributed by atoms with Gasteiger partial charge in [-0.3, -0.25) is 9.59 Å².